The molecule has 1 aromatic carbocycles. The smallest absolute Gasteiger partial charge is 0.333 e. The molecule has 0 amide bonds. The van der Waals surface area contributed by atoms with Crippen LogP contribution < -0.4 is 5.32 Å². The van der Waals surface area contributed by atoms with Crippen LogP contribution in [0.15, 0.2) is 36.4 Å². The summed E-state index contributed by atoms with van der Waals surface area (Å²) in [5.74, 6) is -0.690. The average Bonchev–Trinajstić information content (AvgIpc) is 2.40. The zero-order valence-electron chi connectivity index (χ0n) is 11.0. The summed E-state index contributed by atoms with van der Waals surface area (Å²) >= 11 is 0. The summed E-state index contributed by atoms with van der Waals surface area (Å²) < 4.78 is 18.7. The monoisotopic (exact) mass is 263 g/mol. The van der Waals surface area contributed by atoms with Crippen molar-refractivity contribution in [1.29, 1.82) is 0 Å². The molecule has 1 N–H and O–H groups in total. The van der Waals surface area contributed by atoms with E-state index < -0.39 is 11.6 Å². The van der Waals surface area contributed by atoms with Gasteiger partial charge in [-0.1, -0.05) is 18.7 Å². The minimum absolute atomic E-state index is 0.293. The maximum absolute atomic E-state index is 13.0. The molecule has 0 bridgehead atoms. The molecule has 1 aliphatic heterocycles. The second-order valence-corrected chi connectivity index (χ2v) is 4.92. The van der Waals surface area contributed by atoms with E-state index in [0.29, 0.717) is 18.4 Å². The minimum Gasteiger partial charge on any atom is -0.451 e. The first-order valence-electron chi connectivity index (χ1n) is 6.39. The van der Waals surface area contributed by atoms with Gasteiger partial charge in [-0.2, -0.15) is 0 Å². The van der Waals surface area contributed by atoms with Crippen molar-refractivity contribution in [1.82, 2.24) is 5.32 Å². The second-order valence-electron chi connectivity index (χ2n) is 4.92. The Morgan fingerprint density at radius 3 is 2.42 bits per heavy atom. The molecular weight excluding hydrogens is 245 g/mol. The van der Waals surface area contributed by atoms with Gasteiger partial charge in [0.2, 0.25) is 0 Å². The van der Waals surface area contributed by atoms with E-state index in [1.54, 1.807) is 19.1 Å². The number of hydrogen-bond donors (Lipinski definition) is 1. The molecular formula is C15H18FNO2. The van der Waals surface area contributed by atoms with Gasteiger partial charge in [0.05, 0.1) is 0 Å². The third-order valence-electron chi connectivity index (χ3n) is 3.42. The van der Waals surface area contributed by atoms with Gasteiger partial charge >= 0.3 is 5.97 Å². The molecule has 0 saturated carbocycles. The van der Waals surface area contributed by atoms with Crippen LogP contribution >= 0.6 is 0 Å². The van der Waals surface area contributed by atoms with Crippen LogP contribution in [0, 0.1) is 5.82 Å². The molecule has 0 aromatic heterocycles. The fraction of sp³-hybridized carbons (Fsp3) is 0.400. The summed E-state index contributed by atoms with van der Waals surface area (Å²) in [6.45, 7) is 6.77. The quantitative estimate of drug-likeness (QED) is 0.672. The third kappa shape index (κ3) is 3.01. The Balaban J connectivity index is 2.31. The topological polar surface area (TPSA) is 38.3 Å². The van der Waals surface area contributed by atoms with E-state index in [9.17, 15) is 9.18 Å². The maximum Gasteiger partial charge on any atom is 0.333 e. The largest absolute Gasteiger partial charge is 0.451 e. The molecule has 1 aliphatic rings. The number of esters is 1. The van der Waals surface area contributed by atoms with Crippen molar-refractivity contribution in [2.45, 2.75) is 25.4 Å². The van der Waals surface area contributed by atoms with E-state index in [2.05, 4.69) is 11.9 Å². The van der Waals surface area contributed by atoms with Crippen LogP contribution in [0.5, 0.6) is 0 Å². The number of hydrogen-bond acceptors (Lipinski definition) is 3. The Morgan fingerprint density at radius 2 is 1.89 bits per heavy atom. The second kappa shape index (κ2) is 5.53. The molecule has 102 valence electrons. The first-order chi connectivity index (χ1) is 9.03. The number of carbonyl (C=O) groups is 1. The van der Waals surface area contributed by atoms with E-state index >= 15 is 0 Å². The van der Waals surface area contributed by atoms with Crippen LogP contribution in [0.3, 0.4) is 0 Å². The summed E-state index contributed by atoms with van der Waals surface area (Å²) in [6, 6.07) is 6.17. The van der Waals surface area contributed by atoms with Crippen LogP contribution in [0.1, 0.15) is 25.3 Å². The normalized spacial score (nSPS) is 17.8. The molecule has 0 spiro atoms. The molecule has 1 saturated heterocycles. The number of piperidine rings is 1. The van der Waals surface area contributed by atoms with Crippen molar-refractivity contribution in [2.75, 3.05) is 13.1 Å². The molecule has 19 heavy (non-hydrogen) atoms. The Bertz CT molecular complexity index is 475. The van der Waals surface area contributed by atoms with E-state index in [1.165, 1.54) is 12.1 Å². The third-order valence-corrected chi connectivity index (χ3v) is 3.42. The molecule has 0 unspecified atom stereocenters. The number of carbonyl (C=O) groups excluding carboxylic acids is 1. The van der Waals surface area contributed by atoms with Gasteiger partial charge in [-0.3, -0.25) is 0 Å². The minimum atomic E-state index is -0.672. The highest BCUT2D eigenvalue weighted by molar-refractivity contribution is 5.87. The first kappa shape index (κ1) is 13.7. The molecule has 3 nitrogen and oxygen atoms in total. The van der Waals surface area contributed by atoms with Gasteiger partial charge in [0.15, 0.2) is 0 Å². The lowest BCUT2D eigenvalue weighted by molar-refractivity contribution is -0.159. The Kier molecular flexibility index (Phi) is 4.00. The van der Waals surface area contributed by atoms with E-state index in [4.69, 9.17) is 4.74 Å². The standard InChI is InChI=1S/C15H18FNO2/c1-11(2)14(18)19-15(7-9-17-10-8-15)12-3-5-13(16)6-4-12/h3-6,17H,1,7-10H2,2H3. The first-order valence-corrected chi connectivity index (χ1v) is 6.39. The van der Waals surface area contributed by atoms with Crippen molar-refractivity contribution in [3.63, 3.8) is 0 Å². The SMILES string of the molecule is C=C(C)C(=O)OC1(c2ccc(F)cc2)CCNCC1. The number of ether oxygens (including phenoxy) is 1. The highest BCUT2D eigenvalue weighted by atomic mass is 19.1. The summed E-state index contributed by atoms with van der Waals surface area (Å²) in [5, 5.41) is 3.24. The zero-order chi connectivity index (χ0) is 13.9. The van der Waals surface area contributed by atoms with Crippen LogP contribution in [0.2, 0.25) is 0 Å². The molecule has 2 rings (SSSR count). The van der Waals surface area contributed by atoms with Crippen LogP contribution in [-0.2, 0) is 15.1 Å². The molecule has 0 radical (unpaired) electrons. The molecule has 4 heteroatoms. The van der Waals surface area contributed by atoms with Gasteiger partial charge in [0, 0.05) is 18.4 Å². The summed E-state index contributed by atoms with van der Waals surface area (Å²) in [6.07, 6.45) is 1.36. The fourth-order valence-corrected chi connectivity index (χ4v) is 2.30. The lowest BCUT2D eigenvalue weighted by Crippen LogP contribution is -2.43. The Morgan fingerprint density at radius 1 is 1.32 bits per heavy atom. The van der Waals surface area contributed by atoms with Crippen LogP contribution in [-0.4, -0.2) is 19.1 Å². The van der Waals surface area contributed by atoms with Crippen molar-refractivity contribution in [3.05, 3.63) is 47.8 Å². The lowest BCUT2D eigenvalue weighted by atomic mass is 9.84. The molecule has 0 atom stereocenters. The number of rotatable bonds is 3. The Labute approximate surface area is 112 Å². The molecule has 1 fully saturated rings. The maximum atomic E-state index is 13.0. The summed E-state index contributed by atoms with van der Waals surface area (Å²) in [4.78, 5) is 11.8. The van der Waals surface area contributed by atoms with Gasteiger partial charge < -0.3 is 10.1 Å². The zero-order valence-corrected chi connectivity index (χ0v) is 11.0. The van der Waals surface area contributed by atoms with Crippen molar-refractivity contribution in [3.8, 4) is 0 Å². The van der Waals surface area contributed by atoms with E-state index in [0.717, 1.165) is 18.7 Å². The van der Waals surface area contributed by atoms with Crippen molar-refractivity contribution >= 4 is 5.97 Å². The fourth-order valence-electron chi connectivity index (χ4n) is 2.30. The highest BCUT2D eigenvalue weighted by Crippen LogP contribution is 2.35. The van der Waals surface area contributed by atoms with E-state index in [1.807, 2.05) is 0 Å². The van der Waals surface area contributed by atoms with Gasteiger partial charge in [-0.15, -0.1) is 0 Å². The summed E-state index contributed by atoms with van der Waals surface area (Å²) in [5.41, 5.74) is 0.541. The highest BCUT2D eigenvalue weighted by Gasteiger charge is 2.37. The van der Waals surface area contributed by atoms with Crippen molar-refractivity contribution < 1.29 is 13.9 Å². The van der Waals surface area contributed by atoms with Crippen LogP contribution in [0.4, 0.5) is 4.39 Å². The average molecular weight is 263 g/mol. The van der Waals surface area contributed by atoms with Gasteiger partial charge in [-0.05, 0) is 37.7 Å². The predicted octanol–water partition coefficient (Wildman–Crippen LogP) is 2.52. The van der Waals surface area contributed by atoms with Gasteiger partial charge in [-0.25, -0.2) is 9.18 Å². The molecule has 0 aliphatic carbocycles. The number of nitrogens with one attached hydrogen (secondary N) is 1. The van der Waals surface area contributed by atoms with Gasteiger partial charge in [0.25, 0.3) is 0 Å². The number of benzene rings is 1. The summed E-state index contributed by atoms with van der Waals surface area (Å²) in [7, 11) is 0. The van der Waals surface area contributed by atoms with Crippen LogP contribution in [0.25, 0.3) is 0 Å². The predicted molar refractivity (Wildman–Crippen MR) is 71.1 cm³/mol. The van der Waals surface area contributed by atoms with Gasteiger partial charge in [0.1, 0.15) is 11.4 Å². The molecule has 1 aromatic rings. The number of halogens is 1. The molecule has 1 heterocycles. The Hall–Kier alpha value is -1.68. The lowest BCUT2D eigenvalue weighted by Gasteiger charge is -2.37. The van der Waals surface area contributed by atoms with E-state index in [-0.39, 0.29) is 5.82 Å². The van der Waals surface area contributed by atoms with Crippen molar-refractivity contribution in [2.24, 2.45) is 0 Å².